The highest BCUT2D eigenvalue weighted by molar-refractivity contribution is 7.86. The summed E-state index contributed by atoms with van der Waals surface area (Å²) in [6.45, 7) is 10.4. The largest absolute Gasteiger partial charge is 0.465 e. The van der Waals surface area contributed by atoms with Crippen molar-refractivity contribution in [2.45, 2.75) is 33.6 Å². The van der Waals surface area contributed by atoms with E-state index >= 15 is 0 Å². The van der Waals surface area contributed by atoms with Crippen LogP contribution in [0.2, 0.25) is 0 Å². The molecule has 0 bridgehead atoms. The molecule has 0 amide bonds. The van der Waals surface area contributed by atoms with Crippen LogP contribution in [0.3, 0.4) is 0 Å². The van der Waals surface area contributed by atoms with E-state index in [1.54, 1.807) is 0 Å². The Balaban J connectivity index is 4.80. The van der Waals surface area contributed by atoms with E-state index in [9.17, 15) is 22.8 Å². The van der Waals surface area contributed by atoms with Gasteiger partial charge in [0, 0.05) is 17.7 Å². The third kappa shape index (κ3) is 12.5. The van der Waals surface area contributed by atoms with Gasteiger partial charge in [-0.2, -0.15) is 30.8 Å². The lowest BCUT2D eigenvalue weighted by atomic mass is 9.93. The first-order chi connectivity index (χ1) is 14.3. The van der Waals surface area contributed by atoms with E-state index in [2.05, 4.69) is 35.6 Å². The van der Waals surface area contributed by atoms with E-state index in [-0.39, 0.29) is 29.9 Å². The highest BCUT2D eigenvalue weighted by Gasteiger charge is 2.38. The molecule has 0 atom stereocenters. The van der Waals surface area contributed by atoms with Crippen molar-refractivity contribution >= 4 is 40.7 Å². The van der Waals surface area contributed by atoms with Gasteiger partial charge in [0.2, 0.25) is 0 Å². The van der Waals surface area contributed by atoms with Crippen molar-refractivity contribution < 1.29 is 41.3 Å². The molecule has 1 N–H and O–H groups in total. The topological polar surface area (TPSA) is 134 Å². The predicted octanol–water partition coefficient (Wildman–Crippen LogP) is 1.34. The first kappa shape index (κ1) is 29.1. The van der Waals surface area contributed by atoms with Crippen LogP contribution in [-0.4, -0.2) is 64.2 Å². The minimum Gasteiger partial charge on any atom is -0.465 e. The Hall–Kier alpha value is -1.89. The Morgan fingerprint density at radius 1 is 0.968 bits per heavy atom. The Morgan fingerprint density at radius 2 is 1.48 bits per heavy atom. The first-order valence-corrected chi connectivity index (χ1v) is 11.6. The molecular weight excluding hydrogens is 450 g/mol. The standard InChI is InChI=1S/C19H31NO9S2/c1-14(2)16(21)27-12-19(5,13-28-17(22)15(3)4)18(23)26-9-7-11-31(24,25)29-20-8-6-10-30/h20,30H,1,3,6-13H2,2,4-5H3. The molecule has 0 aliphatic carbocycles. The van der Waals surface area contributed by atoms with Crippen molar-refractivity contribution in [3.8, 4) is 0 Å². The summed E-state index contributed by atoms with van der Waals surface area (Å²) < 4.78 is 43.2. The number of hydroxylamine groups is 1. The average molecular weight is 482 g/mol. The number of ether oxygens (including phenoxy) is 3. The second-order valence-electron chi connectivity index (χ2n) is 7.08. The Labute approximate surface area is 188 Å². The van der Waals surface area contributed by atoms with Gasteiger partial charge >= 0.3 is 17.9 Å². The summed E-state index contributed by atoms with van der Waals surface area (Å²) in [5.74, 6) is -2.09. The number of hydrogen-bond acceptors (Lipinski definition) is 11. The molecule has 0 rings (SSSR count). The van der Waals surface area contributed by atoms with Crippen LogP contribution in [0.15, 0.2) is 24.3 Å². The fraction of sp³-hybridized carbons (Fsp3) is 0.632. The van der Waals surface area contributed by atoms with E-state index in [1.165, 1.54) is 20.8 Å². The lowest BCUT2D eigenvalue weighted by molar-refractivity contribution is -0.168. The normalized spacial score (nSPS) is 11.5. The molecule has 0 radical (unpaired) electrons. The zero-order valence-corrected chi connectivity index (χ0v) is 19.8. The van der Waals surface area contributed by atoms with Crippen molar-refractivity contribution in [1.82, 2.24) is 5.48 Å². The van der Waals surface area contributed by atoms with Gasteiger partial charge in [0.05, 0.1) is 12.4 Å². The van der Waals surface area contributed by atoms with Crippen LogP contribution in [0.5, 0.6) is 0 Å². The van der Waals surface area contributed by atoms with Crippen LogP contribution in [0, 0.1) is 5.41 Å². The molecule has 0 heterocycles. The van der Waals surface area contributed by atoms with Crippen LogP contribution in [-0.2, 0) is 43.0 Å². The van der Waals surface area contributed by atoms with Crippen molar-refractivity contribution in [1.29, 1.82) is 0 Å². The molecule has 0 aromatic rings. The van der Waals surface area contributed by atoms with Gasteiger partial charge in [-0.05, 0) is 39.4 Å². The minimum atomic E-state index is -3.84. The highest BCUT2D eigenvalue weighted by Crippen LogP contribution is 2.21. The Morgan fingerprint density at radius 3 is 1.94 bits per heavy atom. The van der Waals surface area contributed by atoms with E-state index in [1.807, 2.05) is 0 Å². The molecule has 0 fully saturated rings. The van der Waals surface area contributed by atoms with Crippen LogP contribution < -0.4 is 5.48 Å². The number of thiol groups is 1. The Kier molecular flexibility index (Phi) is 13.4. The number of carbonyl (C=O) groups excluding carboxylic acids is 3. The van der Waals surface area contributed by atoms with Gasteiger partial charge in [-0.15, -0.1) is 0 Å². The zero-order valence-electron chi connectivity index (χ0n) is 18.1. The predicted molar refractivity (Wildman–Crippen MR) is 117 cm³/mol. The van der Waals surface area contributed by atoms with Crippen molar-refractivity contribution in [2.75, 3.05) is 37.9 Å². The molecule has 12 heteroatoms. The molecule has 0 spiro atoms. The maximum atomic E-state index is 12.5. The lowest BCUT2D eigenvalue weighted by Gasteiger charge is -2.26. The van der Waals surface area contributed by atoms with E-state index in [0.717, 1.165) is 0 Å². The van der Waals surface area contributed by atoms with Gasteiger partial charge in [0.1, 0.15) is 18.6 Å². The third-order valence-electron chi connectivity index (χ3n) is 3.63. The molecule has 0 aliphatic rings. The molecule has 0 saturated heterocycles. The summed E-state index contributed by atoms with van der Waals surface area (Å²) in [5.41, 5.74) is 1.06. The van der Waals surface area contributed by atoms with Gasteiger partial charge in [-0.3, -0.25) is 4.79 Å². The second kappa shape index (κ2) is 14.2. The highest BCUT2D eigenvalue weighted by atomic mass is 32.2. The number of esters is 3. The SMILES string of the molecule is C=C(C)C(=O)OCC(C)(COC(=O)C(=C)C)C(=O)OCCCS(=O)(=O)ONCCCS. The third-order valence-corrected chi connectivity index (χ3v) is 5.10. The molecule has 10 nitrogen and oxygen atoms in total. The summed E-state index contributed by atoms with van der Waals surface area (Å²) in [7, 11) is -3.84. The summed E-state index contributed by atoms with van der Waals surface area (Å²) in [4.78, 5) is 35.9. The Bertz CT molecular complexity index is 732. The molecule has 0 saturated carbocycles. The maximum Gasteiger partial charge on any atom is 0.333 e. The molecule has 0 unspecified atom stereocenters. The van der Waals surface area contributed by atoms with E-state index < -0.39 is 46.7 Å². The van der Waals surface area contributed by atoms with E-state index in [4.69, 9.17) is 14.2 Å². The summed E-state index contributed by atoms with van der Waals surface area (Å²) in [5, 5.41) is 0. The lowest BCUT2D eigenvalue weighted by Crippen LogP contribution is -2.40. The number of rotatable bonds is 16. The number of carbonyl (C=O) groups is 3. The summed E-state index contributed by atoms with van der Waals surface area (Å²) >= 11 is 3.99. The monoisotopic (exact) mass is 481 g/mol. The quantitative estimate of drug-likeness (QED) is 0.0830. The van der Waals surface area contributed by atoms with Crippen molar-refractivity contribution in [3.05, 3.63) is 24.3 Å². The van der Waals surface area contributed by atoms with Crippen molar-refractivity contribution in [2.24, 2.45) is 5.41 Å². The van der Waals surface area contributed by atoms with Crippen LogP contribution in [0.1, 0.15) is 33.6 Å². The fourth-order valence-electron chi connectivity index (χ4n) is 1.75. The second-order valence-corrected chi connectivity index (χ2v) is 9.22. The summed E-state index contributed by atoms with van der Waals surface area (Å²) in [6, 6.07) is 0. The molecular formula is C19H31NO9S2. The molecule has 0 aromatic carbocycles. The molecule has 31 heavy (non-hydrogen) atoms. The molecule has 0 aromatic heterocycles. The van der Waals surface area contributed by atoms with Gasteiger partial charge in [-0.1, -0.05) is 13.2 Å². The smallest absolute Gasteiger partial charge is 0.333 e. The first-order valence-electron chi connectivity index (χ1n) is 9.42. The van der Waals surface area contributed by atoms with E-state index in [0.29, 0.717) is 18.7 Å². The zero-order chi connectivity index (χ0) is 24.1. The molecule has 0 aliphatic heterocycles. The van der Waals surface area contributed by atoms with Crippen LogP contribution in [0.4, 0.5) is 0 Å². The number of nitrogens with one attached hydrogen (secondary N) is 1. The van der Waals surface area contributed by atoms with Crippen LogP contribution in [0.25, 0.3) is 0 Å². The van der Waals surface area contributed by atoms with Crippen molar-refractivity contribution in [3.63, 3.8) is 0 Å². The summed E-state index contributed by atoms with van der Waals surface area (Å²) in [6.07, 6.45) is 0.593. The van der Waals surface area contributed by atoms with Gasteiger partial charge in [-0.25, -0.2) is 9.59 Å². The number of hydrogen-bond donors (Lipinski definition) is 2. The van der Waals surface area contributed by atoms with Gasteiger partial charge in [0.15, 0.2) is 0 Å². The van der Waals surface area contributed by atoms with Gasteiger partial charge in [0.25, 0.3) is 10.1 Å². The average Bonchev–Trinajstić information content (AvgIpc) is 2.70. The van der Waals surface area contributed by atoms with Gasteiger partial charge < -0.3 is 14.2 Å². The maximum absolute atomic E-state index is 12.5. The fourth-order valence-corrected chi connectivity index (χ4v) is 2.73. The molecule has 178 valence electrons. The minimum absolute atomic E-state index is 0.0322. The van der Waals surface area contributed by atoms with Crippen LogP contribution >= 0.6 is 12.6 Å².